The quantitative estimate of drug-likeness (QED) is 0.0620. The van der Waals surface area contributed by atoms with Gasteiger partial charge in [-0.25, -0.2) is 0 Å². The molecule has 5 aliphatic carbocycles. The second kappa shape index (κ2) is 26.3. The molecular weight excluding hydrogens is 1170 g/mol. The van der Waals surface area contributed by atoms with Crippen LogP contribution in [-0.4, -0.2) is 236 Å². The maximum Gasteiger partial charge on any atom is 0.310 e. The second-order valence-corrected chi connectivity index (χ2v) is 29.3. The van der Waals surface area contributed by atoms with Gasteiger partial charge < -0.3 is 110 Å². The number of ether oxygens (including phenoxy) is 8. The predicted molar refractivity (Wildman–Crippen MR) is 310 cm³/mol. The van der Waals surface area contributed by atoms with Crippen LogP contribution in [0.2, 0.25) is 0 Å². The highest BCUT2D eigenvalue weighted by Crippen LogP contribution is 2.76. The lowest BCUT2D eigenvalue weighted by molar-refractivity contribution is -0.328. The number of nitrogens with one attached hydrogen (secondary N) is 4. The molecule has 27 heteroatoms. The van der Waals surface area contributed by atoms with E-state index in [2.05, 4.69) is 75.8 Å². The Morgan fingerprint density at radius 2 is 0.921 bits per heavy atom. The third-order valence-electron chi connectivity index (χ3n) is 23.0. The van der Waals surface area contributed by atoms with Gasteiger partial charge in [0.15, 0.2) is 25.2 Å². The van der Waals surface area contributed by atoms with Crippen LogP contribution in [0.4, 0.5) is 0 Å². The molecule has 506 valence electrons. The molecular formula is C62H100N4O23. The molecule has 0 unspecified atom stereocenters. The number of fused-ring (bicyclic) bond motifs is 7. The smallest absolute Gasteiger partial charge is 0.310 e. The normalized spacial score (nSPS) is 47.5. The Morgan fingerprint density at radius 3 is 1.35 bits per heavy atom. The van der Waals surface area contributed by atoms with Gasteiger partial charge in [0.05, 0.1) is 37.9 Å². The lowest BCUT2D eigenvalue weighted by Gasteiger charge is -2.71. The average Bonchev–Trinajstić information content (AvgIpc) is 0.701. The maximum atomic E-state index is 13.3. The largest absolute Gasteiger partial charge is 0.481 e. The van der Waals surface area contributed by atoms with E-state index in [4.69, 9.17) is 37.9 Å². The fourth-order valence-corrected chi connectivity index (χ4v) is 18.0. The van der Waals surface area contributed by atoms with Crippen LogP contribution >= 0.6 is 0 Å². The summed E-state index contributed by atoms with van der Waals surface area (Å²) in [5.74, 6) is -2.74. The Labute approximate surface area is 519 Å². The van der Waals surface area contributed by atoms with Gasteiger partial charge >= 0.3 is 5.97 Å². The van der Waals surface area contributed by atoms with Gasteiger partial charge in [-0.05, 0) is 109 Å². The van der Waals surface area contributed by atoms with Crippen LogP contribution in [0, 0.1) is 50.2 Å². The predicted octanol–water partition coefficient (Wildman–Crippen LogP) is -0.894. The van der Waals surface area contributed by atoms with Crippen molar-refractivity contribution in [3.05, 3.63) is 11.6 Å². The number of allylic oxidation sites excluding steroid dienone is 2. The van der Waals surface area contributed by atoms with Gasteiger partial charge in [-0.3, -0.25) is 24.0 Å². The van der Waals surface area contributed by atoms with E-state index in [1.165, 1.54) is 12.5 Å². The number of carboxylic acids is 1. The van der Waals surface area contributed by atoms with E-state index in [0.29, 0.717) is 19.3 Å². The molecule has 9 aliphatic rings. The Balaban J connectivity index is 0.892. The molecule has 0 spiro atoms. The number of carbonyl (C=O) groups excluding carboxylic acids is 4. The molecule has 14 N–H and O–H groups in total. The lowest BCUT2D eigenvalue weighted by atomic mass is 9.33. The van der Waals surface area contributed by atoms with Gasteiger partial charge in [-0.2, -0.15) is 0 Å². The number of carbonyl (C=O) groups is 5. The van der Waals surface area contributed by atoms with E-state index < -0.39 is 196 Å². The molecule has 89 heavy (non-hydrogen) atoms. The van der Waals surface area contributed by atoms with Crippen molar-refractivity contribution in [3.8, 4) is 0 Å². The molecule has 9 rings (SSSR count). The van der Waals surface area contributed by atoms with E-state index in [1.807, 2.05) is 0 Å². The molecule has 4 amide bonds. The summed E-state index contributed by atoms with van der Waals surface area (Å²) < 4.78 is 49.4. The summed E-state index contributed by atoms with van der Waals surface area (Å²) in [6.07, 6.45) is -15.9. The molecule has 0 bridgehead atoms. The fraction of sp³-hybridized carbons (Fsp3) is 0.887. The van der Waals surface area contributed by atoms with Gasteiger partial charge in [0.1, 0.15) is 97.4 Å². The molecule has 0 aromatic rings. The third-order valence-corrected chi connectivity index (χ3v) is 23.0. The minimum absolute atomic E-state index is 0.0193. The standard InChI is InChI=1S/C62H100N4O23/c1-27(68)63-40-48(76)44(72)33(23-67)85-52(40)82-24-34-45(73)49(77)41(64-28(2)69)53(86-34)83-25-35-46(74)50(78)42(65-29(3)70)54(87-35)84-26-36-47(75)51(79)43(66-30(4)71)55(88-36)89-39-15-16-59(9)37(58(39,7)8)14-17-61(11)38(59)13-12-31-32-22-57(5,6)18-20-62(32,56(80)81)21-19-60(31,61)10/h12,32-55,67,72-79H,13-26H2,1-11H3,(H,63,68)(H,64,69)(H,65,70)(H,66,71)(H,80,81)/t32-,33+,34+,35+,36+,37-,38+,39-,40+,41+,42+,43+,44+,45+,46+,47+,48+,49+,50+,51+,52+,53+,54+,55-,59-,60+,61+,62-/m0/s1. The van der Waals surface area contributed by atoms with Crippen molar-refractivity contribution >= 4 is 29.6 Å². The van der Waals surface area contributed by atoms with Gasteiger partial charge in [-0.15, -0.1) is 0 Å². The SMILES string of the molecule is CC(=O)N[C@H]1[C@H](OC[C@H]2O[C@@H](OC[C@H]3O[C@@H](OC[C@H]4O[C@@H](O[C@H]5CC[C@]6(C)[C@H]7CC=C8[C@@H]9CC(C)(C)CC[C@]9(C(=O)O)CC[C@@]8(C)[C@]7(C)CC[C@H]6C5(C)C)[C@H](NC(C)=O)[C@@H](O)[C@@H]4O)[C@H](NC(C)=O)[C@@H](O)[C@@H]3O)[C@H](NC(C)=O)[C@@H](O)[C@@H]2O)O[C@H](CO)[C@@H](O)[C@@H]1O. The number of carboxylic acid groups (broad SMARTS) is 1. The monoisotopic (exact) mass is 1270 g/mol. The topological polar surface area (TPSA) is 410 Å². The van der Waals surface area contributed by atoms with E-state index in [1.54, 1.807) is 0 Å². The van der Waals surface area contributed by atoms with Gasteiger partial charge in [-0.1, -0.05) is 60.1 Å². The van der Waals surface area contributed by atoms with Gasteiger partial charge in [0.25, 0.3) is 0 Å². The Hall–Kier alpha value is -3.59. The molecule has 4 saturated heterocycles. The van der Waals surface area contributed by atoms with E-state index in [9.17, 15) is 75.0 Å². The molecule has 4 saturated carbocycles. The van der Waals surface area contributed by atoms with Crippen molar-refractivity contribution in [2.75, 3.05) is 26.4 Å². The van der Waals surface area contributed by atoms with Crippen LogP contribution in [0.15, 0.2) is 11.6 Å². The molecule has 27 nitrogen and oxygen atoms in total. The van der Waals surface area contributed by atoms with Crippen molar-refractivity contribution in [2.45, 2.75) is 269 Å². The zero-order valence-corrected chi connectivity index (χ0v) is 53.1. The minimum atomic E-state index is -1.82. The minimum Gasteiger partial charge on any atom is -0.481 e. The number of aliphatic hydroxyl groups is 9. The van der Waals surface area contributed by atoms with E-state index >= 15 is 0 Å². The molecule has 0 radical (unpaired) electrons. The van der Waals surface area contributed by atoms with Crippen LogP contribution in [0.3, 0.4) is 0 Å². The molecule has 0 aromatic heterocycles. The van der Waals surface area contributed by atoms with Crippen LogP contribution in [-0.2, 0) is 61.9 Å². The summed E-state index contributed by atoms with van der Waals surface area (Å²) in [4.78, 5) is 63.1. The second-order valence-electron chi connectivity index (χ2n) is 29.3. The van der Waals surface area contributed by atoms with Crippen LogP contribution in [0.25, 0.3) is 0 Å². The van der Waals surface area contributed by atoms with Crippen LogP contribution in [0.5, 0.6) is 0 Å². The molecule has 8 fully saturated rings. The first-order valence-electron chi connectivity index (χ1n) is 31.8. The van der Waals surface area contributed by atoms with Crippen molar-refractivity contribution in [3.63, 3.8) is 0 Å². The van der Waals surface area contributed by atoms with Crippen molar-refractivity contribution in [1.29, 1.82) is 0 Å². The highest BCUT2D eigenvalue weighted by molar-refractivity contribution is 5.77. The number of hydrogen-bond donors (Lipinski definition) is 14. The first-order valence-corrected chi connectivity index (χ1v) is 31.8. The summed E-state index contributed by atoms with van der Waals surface area (Å²) in [7, 11) is 0. The summed E-state index contributed by atoms with van der Waals surface area (Å²) in [6, 6.07) is -5.57. The molecule has 0 aromatic carbocycles. The van der Waals surface area contributed by atoms with Crippen molar-refractivity contribution in [1.82, 2.24) is 21.3 Å². The number of rotatable bonds is 17. The summed E-state index contributed by atoms with van der Waals surface area (Å²) >= 11 is 0. The van der Waals surface area contributed by atoms with Crippen molar-refractivity contribution < 1.29 is 113 Å². The average molecular weight is 1270 g/mol. The summed E-state index contributed by atoms with van der Waals surface area (Å²) in [5, 5.41) is 121. The highest BCUT2D eigenvalue weighted by Gasteiger charge is 2.70. The zero-order valence-electron chi connectivity index (χ0n) is 53.1. The zero-order chi connectivity index (χ0) is 65.4. The summed E-state index contributed by atoms with van der Waals surface area (Å²) in [5.41, 5.74) is -0.304. The van der Waals surface area contributed by atoms with E-state index in [0.717, 1.165) is 65.7 Å². The van der Waals surface area contributed by atoms with E-state index in [-0.39, 0.29) is 39.4 Å². The Bertz CT molecular complexity index is 2620. The van der Waals surface area contributed by atoms with Crippen molar-refractivity contribution in [2.24, 2.45) is 50.2 Å². The number of amides is 4. The van der Waals surface area contributed by atoms with Gasteiger partial charge in [0.2, 0.25) is 23.6 Å². The molecule has 4 heterocycles. The third kappa shape index (κ3) is 12.9. The Kier molecular flexibility index (Phi) is 20.6. The molecule has 28 atom stereocenters. The first-order chi connectivity index (χ1) is 41.5. The fourth-order valence-electron chi connectivity index (χ4n) is 18.0. The van der Waals surface area contributed by atoms with Crippen LogP contribution < -0.4 is 21.3 Å². The number of aliphatic carboxylic acids is 1. The highest BCUT2D eigenvalue weighted by atomic mass is 16.7. The Morgan fingerprint density at radius 1 is 0.517 bits per heavy atom. The molecule has 4 aliphatic heterocycles. The summed E-state index contributed by atoms with van der Waals surface area (Å²) in [6.45, 7) is 18.2. The number of aliphatic hydroxyl groups excluding tert-OH is 9. The maximum absolute atomic E-state index is 13.3. The first kappa shape index (κ1) is 69.7. The lowest BCUT2D eigenvalue weighted by Crippen LogP contribution is -2.68. The number of hydrogen-bond acceptors (Lipinski definition) is 22. The van der Waals surface area contributed by atoms with Crippen LogP contribution in [0.1, 0.15) is 140 Å². The van der Waals surface area contributed by atoms with Gasteiger partial charge in [0, 0.05) is 27.7 Å².